The normalized spacial score (nSPS) is 14.8. The van der Waals surface area contributed by atoms with Gasteiger partial charge in [-0.2, -0.15) is 0 Å². The second-order valence-electron chi connectivity index (χ2n) is 5.90. The van der Waals surface area contributed by atoms with E-state index in [2.05, 4.69) is 52.5 Å². The second kappa shape index (κ2) is 6.25. The van der Waals surface area contributed by atoms with E-state index in [4.69, 9.17) is 0 Å². The van der Waals surface area contributed by atoms with Gasteiger partial charge in [0.1, 0.15) is 0 Å². The summed E-state index contributed by atoms with van der Waals surface area (Å²) in [5.74, 6) is 1.49. The molecule has 1 aromatic carbocycles. The number of rotatable bonds is 5. The lowest BCUT2D eigenvalue weighted by molar-refractivity contribution is 0.420. The monoisotopic (exact) mass is 281 g/mol. The summed E-state index contributed by atoms with van der Waals surface area (Å²) in [5, 5.41) is 3.28. The van der Waals surface area contributed by atoms with Crippen LogP contribution in [-0.4, -0.2) is 16.5 Å². The van der Waals surface area contributed by atoms with Crippen molar-refractivity contribution < 1.29 is 0 Å². The Kier molecular flexibility index (Phi) is 4.18. The van der Waals surface area contributed by atoms with Crippen molar-refractivity contribution in [2.24, 2.45) is 0 Å². The summed E-state index contributed by atoms with van der Waals surface area (Å²) in [7, 11) is 0. The average molecular weight is 281 g/mol. The molecule has 110 valence electrons. The highest BCUT2D eigenvalue weighted by molar-refractivity contribution is 5.62. The molecule has 2 aromatic rings. The minimum Gasteiger partial charge on any atom is -0.354 e. The van der Waals surface area contributed by atoms with Gasteiger partial charge in [-0.3, -0.25) is 0 Å². The molecule has 0 aliphatic heterocycles. The average Bonchev–Trinajstić information content (AvgIpc) is 2.43. The fourth-order valence-electron chi connectivity index (χ4n) is 2.73. The molecule has 1 heterocycles. The highest BCUT2D eigenvalue weighted by Crippen LogP contribution is 2.37. The maximum atomic E-state index is 4.66. The number of anilines is 1. The van der Waals surface area contributed by atoms with Crippen molar-refractivity contribution in [3.63, 3.8) is 0 Å². The zero-order chi connectivity index (χ0) is 14.7. The van der Waals surface area contributed by atoms with Gasteiger partial charge >= 0.3 is 0 Å². The number of hydrogen-bond acceptors (Lipinski definition) is 3. The van der Waals surface area contributed by atoms with Crippen molar-refractivity contribution in [3.05, 3.63) is 41.6 Å². The predicted molar refractivity (Wildman–Crippen MR) is 87.6 cm³/mol. The highest BCUT2D eigenvalue weighted by Gasteiger charge is 2.19. The first-order valence-corrected chi connectivity index (χ1v) is 7.96. The third-order valence-electron chi connectivity index (χ3n) is 4.15. The molecule has 1 fully saturated rings. The molecule has 1 aliphatic rings. The van der Waals surface area contributed by atoms with E-state index in [0.717, 1.165) is 36.2 Å². The van der Waals surface area contributed by atoms with Gasteiger partial charge in [0.15, 0.2) is 0 Å². The van der Waals surface area contributed by atoms with Gasteiger partial charge in [-0.1, -0.05) is 31.5 Å². The number of benzene rings is 1. The SMILES string of the molecule is CCCNc1nc(C)cc(-c2cccc(C3CCC3)c2)n1. The molecule has 1 aromatic heterocycles. The second-order valence-corrected chi connectivity index (χ2v) is 5.90. The summed E-state index contributed by atoms with van der Waals surface area (Å²) in [6.45, 7) is 5.08. The van der Waals surface area contributed by atoms with E-state index in [-0.39, 0.29) is 0 Å². The molecule has 0 bridgehead atoms. The lowest BCUT2D eigenvalue weighted by atomic mass is 9.79. The number of aryl methyl sites for hydroxylation is 1. The van der Waals surface area contributed by atoms with Gasteiger partial charge in [0.05, 0.1) is 5.69 Å². The highest BCUT2D eigenvalue weighted by atomic mass is 15.1. The predicted octanol–water partition coefficient (Wildman–Crippen LogP) is 4.54. The van der Waals surface area contributed by atoms with Gasteiger partial charge in [-0.25, -0.2) is 9.97 Å². The van der Waals surface area contributed by atoms with E-state index in [1.807, 2.05) is 6.92 Å². The lowest BCUT2D eigenvalue weighted by Crippen LogP contribution is -2.09. The van der Waals surface area contributed by atoms with Crippen LogP contribution in [0.5, 0.6) is 0 Å². The van der Waals surface area contributed by atoms with Crippen molar-refractivity contribution in [2.45, 2.75) is 45.4 Å². The van der Waals surface area contributed by atoms with Crippen molar-refractivity contribution in [2.75, 3.05) is 11.9 Å². The Labute approximate surface area is 126 Å². The molecular weight excluding hydrogens is 258 g/mol. The first-order chi connectivity index (χ1) is 10.3. The quantitative estimate of drug-likeness (QED) is 0.874. The third-order valence-corrected chi connectivity index (χ3v) is 4.15. The van der Waals surface area contributed by atoms with Gasteiger partial charge in [-0.15, -0.1) is 0 Å². The molecule has 1 N–H and O–H groups in total. The molecule has 0 atom stereocenters. The van der Waals surface area contributed by atoms with Crippen LogP contribution in [0.25, 0.3) is 11.3 Å². The Balaban J connectivity index is 1.90. The maximum absolute atomic E-state index is 4.66. The fourth-order valence-corrected chi connectivity index (χ4v) is 2.73. The molecule has 1 aliphatic carbocycles. The summed E-state index contributed by atoms with van der Waals surface area (Å²) >= 11 is 0. The summed E-state index contributed by atoms with van der Waals surface area (Å²) in [4.78, 5) is 9.12. The van der Waals surface area contributed by atoms with Crippen LogP contribution in [0, 0.1) is 6.92 Å². The number of nitrogens with one attached hydrogen (secondary N) is 1. The van der Waals surface area contributed by atoms with E-state index in [9.17, 15) is 0 Å². The molecule has 0 radical (unpaired) electrons. The Hall–Kier alpha value is -1.90. The van der Waals surface area contributed by atoms with Crippen LogP contribution in [0.4, 0.5) is 5.95 Å². The van der Waals surface area contributed by atoms with Crippen LogP contribution < -0.4 is 5.32 Å². The Morgan fingerprint density at radius 1 is 1.19 bits per heavy atom. The zero-order valence-corrected chi connectivity index (χ0v) is 12.9. The Bertz CT molecular complexity index is 618. The minimum absolute atomic E-state index is 0.737. The molecule has 3 nitrogen and oxygen atoms in total. The van der Waals surface area contributed by atoms with E-state index in [1.165, 1.54) is 30.4 Å². The van der Waals surface area contributed by atoms with Gasteiger partial charge in [0.2, 0.25) is 5.95 Å². The number of hydrogen-bond donors (Lipinski definition) is 1. The topological polar surface area (TPSA) is 37.8 Å². The van der Waals surface area contributed by atoms with E-state index in [1.54, 1.807) is 0 Å². The summed E-state index contributed by atoms with van der Waals surface area (Å²) in [6, 6.07) is 10.9. The largest absolute Gasteiger partial charge is 0.354 e. The molecule has 21 heavy (non-hydrogen) atoms. The van der Waals surface area contributed by atoms with Crippen molar-refractivity contribution in [1.29, 1.82) is 0 Å². The Morgan fingerprint density at radius 3 is 2.76 bits per heavy atom. The summed E-state index contributed by atoms with van der Waals surface area (Å²) in [6.07, 6.45) is 5.10. The van der Waals surface area contributed by atoms with Crippen molar-refractivity contribution in [3.8, 4) is 11.3 Å². The van der Waals surface area contributed by atoms with Crippen LogP contribution in [0.15, 0.2) is 30.3 Å². The number of aromatic nitrogens is 2. The van der Waals surface area contributed by atoms with Crippen molar-refractivity contribution >= 4 is 5.95 Å². The van der Waals surface area contributed by atoms with Crippen LogP contribution in [-0.2, 0) is 0 Å². The minimum atomic E-state index is 0.737. The van der Waals surface area contributed by atoms with Crippen LogP contribution in [0.1, 0.15) is 49.8 Å². The fraction of sp³-hybridized carbons (Fsp3) is 0.444. The van der Waals surface area contributed by atoms with Crippen LogP contribution >= 0.6 is 0 Å². The van der Waals surface area contributed by atoms with E-state index >= 15 is 0 Å². The maximum Gasteiger partial charge on any atom is 0.223 e. The Morgan fingerprint density at radius 2 is 2.05 bits per heavy atom. The van der Waals surface area contributed by atoms with Crippen LogP contribution in [0.2, 0.25) is 0 Å². The zero-order valence-electron chi connectivity index (χ0n) is 12.9. The van der Waals surface area contributed by atoms with Gasteiger partial charge < -0.3 is 5.32 Å². The smallest absolute Gasteiger partial charge is 0.223 e. The van der Waals surface area contributed by atoms with Gasteiger partial charge in [0.25, 0.3) is 0 Å². The molecular formula is C18H23N3. The molecule has 0 amide bonds. The standard InChI is InChI=1S/C18H23N3/c1-3-10-19-18-20-13(2)11-17(21-18)16-9-5-8-15(12-16)14-6-4-7-14/h5,8-9,11-12,14H,3-4,6-7,10H2,1-2H3,(H,19,20,21). The molecule has 0 spiro atoms. The molecule has 3 heteroatoms. The van der Waals surface area contributed by atoms with E-state index in [0.29, 0.717) is 0 Å². The number of nitrogens with zero attached hydrogens (tertiary/aromatic N) is 2. The third kappa shape index (κ3) is 3.23. The van der Waals surface area contributed by atoms with E-state index < -0.39 is 0 Å². The lowest BCUT2D eigenvalue weighted by Gasteiger charge is -2.26. The molecule has 0 saturated heterocycles. The van der Waals surface area contributed by atoms with Gasteiger partial charge in [-0.05, 0) is 49.8 Å². The van der Waals surface area contributed by atoms with Crippen LogP contribution in [0.3, 0.4) is 0 Å². The molecule has 1 saturated carbocycles. The molecule has 0 unspecified atom stereocenters. The first-order valence-electron chi connectivity index (χ1n) is 7.96. The van der Waals surface area contributed by atoms with Gasteiger partial charge in [0, 0.05) is 17.8 Å². The first kappa shape index (κ1) is 14.1. The summed E-state index contributed by atoms with van der Waals surface area (Å²) < 4.78 is 0. The summed E-state index contributed by atoms with van der Waals surface area (Å²) in [5.41, 5.74) is 4.68. The molecule has 3 rings (SSSR count). The van der Waals surface area contributed by atoms with Crippen molar-refractivity contribution in [1.82, 2.24) is 9.97 Å².